The highest BCUT2D eigenvalue weighted by atomic mass is 35.5. The molecule has 0 aromatic heterocycles. The molecule has 0 bridgehead atoms. The molecule has 0 heterocycles. The fraction of sp³-hybridized carbons (Fsp3) is 0.667. The highest BCUT2D eigenvalue weighted by Gasteiger charge is 2.30. The molecule has 0 amide bonds. The van der Waals surface area contributed by atoms with E-state index in [0.717, 1.165) is 6.26 Å². The summed E-state index contributed by atoms with van der Waals surface area (Å²) in [5.74, 6) is 0. The number of phosphoric acid groups is 1. The van der Waals surface area contributed by atoms with Gasteiger partial charge in [0.1, 0.15) is 10.8 Å². The third-order valence-corrected chi connectivity index (χ3v) is 1.91. The topological polar surface area (TPSA) is 63.2 Å². The van der Waals surface area contributed by atoms with Crippen LogP contribution in [0.2, 0.25) is 0 Å². The molecule has 15 heavy (non-hydrogen) atoms. The van der Waals surface area contributed by atoms with Crippen LogP contribution in [0.25, 0.3) is 0 Å². The second-order valence-electron chi connectivity index (χ2n) is 1.92. The van der Waals surface area contributed by atoms with Gasteiger partial charge in [-0.2, -0.15) is 0 Å². The smallest absolute Gasteiger partial charge is 0.406 e. The van der Waals surface area contributed by atoms with Crippen molar-refractivity contribution in [2.24, 2.45) is 0 Å². The summed E-state index contributed by atoms with van der Waals surface area (Å²) in [5.41, 5.74) is 0. The summed E-state index contributed by atoms with van der Waals surface area (Å²) in [6.07, 6.45) is 0.780. The molecular formula is C6H11Cl2O6P. The van der Waals surface area contributed by atoms with Crippen LogP contribution in [0.1, 0.15) is 13.8 Å². The van der Waals surface area contributed by atoms with Crippen LogP contribution in [0.15, 0.2) is 10.8 Å². The molecule has 0 rings (SSSR count). The van der Waals surface area contributed by atoms with Gasteiger partial charge >= 0.3 is 7.82 Å². The molecule has 0 aromatic rings. The van der Waals surface area contributed by atoms with Gasteiger partial charge in [-0.15, -0.1) is 9.35 Å². The van der Waals surface area contributed by atoms with Crippen molar-refractivity contribution in [2.75, 3.05) is 13.2 Å². The Kier molecular flexibility index (Phi) is 8.46. The van der Waals surface area contributed by atoms with E-state index in [-0.39, 0.29) is 17.7 Å². The molecule has 0 saturated heterocycles. The van der Waals surface area contributed by atoms with E-state index >= 15 is 0 Å². The van der Waals surface area contributed by atoms with E-state index in [0.29, 0.717) is 0 Å². The SMILES string of the molecule is CCOOP(=O)(OC=C(Cl)Cl)OOCC. The maximum atomic E-state index is 11.6. The van der Waals surface area contributed by atoms with Gasteiger partial charge in [-0.3, -0.25) is 0 Å². The van der Waals surface area contributed by atoms with Crippen molar-refractivity contribution < 1.29 is 28.2 Å². The monoisotopic (exact) mass is 280 g/mol. The summed E-state index contributed by atoms with van der Waals surface area (Å²) in [7, 11) is -4.00. The van der Waals surface area contributed by atoms with Crippen molar-refractivity contribution in [3.63, 3.8) is 0 Å². The molecule has 0 spiro atoms. The Bertz CT molecular complexity index is 230. The second kappa shape index (κ2) is 8.35. The molecule has 90 valence electrons. The van der Waals surface area contributed by atoms with Gasteiger partial charge in [0.15, 0.2) is 0 Å². The summed E-state index contributed by atoms with van der Waals surface area (Å²) < 4.78 is 24.5. The van der Waals surface area contributed by atoms with Crippen LogP contribution in [-0.2, 0) is 28.2 Å². The van der Waals surface area contributed by atoms with Gasteiger partial charge in [-0.25, -0.2) is 14.3 Å². The molecule has 0 fully saturated rings. The van der Waals surface area contributed by atoms with Gasteiger partial charge in [-0.1, -0.05) is 23.2 Å². The quantitative estimate of drug-likeness (QED) is 0.294. The fourth-order valence-corrected chi connectivity index (χ4v) is 1.40. The first-order valence-corrected chi connectivity index (χ1v) is 6.17. The van der Waals surface area contributed by atoms with E-state index in [2.05, 4.69) is 23.6 Å². The van der Waals surface area contributed by atoms with E-state index < -0.39 is 7.82 Å². The van der Waals surface area contributed by atoms with E-state index in [9.17, 15) is 4.57 Å². The van der Waals surface area contributed by atoms with E-state index in [1.165, 1.54) is 0 Å². The molecule has 0 aliphatic carbocycles. The van der Waals surface area contributed by atoms with E-state index in [4.69, 9.17) is 23.2 Å². The van der Waals surface area contributed by atoms with Gasteiger partial charge in [0.05, 0.1) is 13.2 Å². The third-order valence-electron chi connectivity index (χ3n) is 0.795. The van der Waals surface area contributed by atoms with Crippen molar-refractivity contribution in [1.29, 1.82) is 0 Å². The summed E-state index contributed by atoms with van der Waals surface area (Å²) >= 11 is 10.5. The lowest BCUT2D eigenvalue weighted by Gasteiger charge is -2.12. The average Bonchev–Trinajstić information content (AvgIpc) is 2.21. The van der Waals surface area contributed by atoms with E-state index in [1.807, 2.05) is 0 Å². The molecule has 6 nitrogen and oxygen atoms in total. The van der Waals surface area contributed by atoms with Crippen LogP contribution in [0, 0.1) is 0 Å². The van der Waals surface area contributed by atoms with Crippen LogP contribution in [-0.4, -0.2) is 13.2 Å². The lowest BCUT2D eigenvalue weighted by Crippen LogP contribution is -1.99. The molecule has 0 aliphatic heterocycles. The Morgan fingerprint density at radius 2 is 1.67 bits per heavy atom. The molecule has 0 unspecified atom stereocenters. The molecule has 0 N–H and O–H groups in total. The Hall–Kier alpha value is 0.190. The molecule has 0 saturated carbocycles. The third kappa shape index (κ3) is 8.04. The van der Waals surface area contributed by atoms with Gasteiger partial charge in [-0.05, 0) is 13.8 Å². The van der Waals surface area contributed by atoms with Gasteiger partial charge < -0.3 is 4.52 Å². The first-order valence-electron chi connectivity index (χ1n) is 3.96. The Morgan fingerprint density at radius 3 is 2.00 bits per heavy atom. The minimum Gasteiger partial charge on any atom is -0.406 e. The Labute approximate surface area is 97.5 Å². The predicted molar refractivity (Wildman–Crippen MR) is 53.9 cm³/mol. The largest absolute Gasteiger partial charge is 0.585 e. The molecule has 0 atom stereocenters. The van der Waals surface area contributed by atoms with Crippen LogP contribution in [0.5, 0.6) is 0 Å². The lowest BCUT2D eigenvalue weighted by atomic mass is 10.9. The minimum absolute atomic E-state index is 0.154. The number of hydrogen-bond donors (Lipinski definition) is 0. The van der Waals surface area contributed by atoms with Crippen LogP contribution >= 0.6 is 31.0 Å². The van der Waals surface area contributed by atoms with Crippen LogP contribution < -0.4 is 0 Å². The van der Waals surface area contributed by atoms with Crippen molar-refractivity contribution in [2.45, 2.75) is 13.8 Å². The van der Waals surface area contributed by atoms with Crippen molar-refractivity contribution >= 4 is 31.0 Å². The van der Waals surface area contributed by atoms with Gasteiger partial charge in [0.2, 0.25) is 0 Å². The maximum Gasteiger partial charge on any atom is 0.585 e. The highest BCUT2D eigenvalue weighted by Crippen LogP contribution is 2.50. The number of hydrogen-bond acceptors (Lipinski definition) is 6. The summed E-state index contributed by atoms with van der Waals surface area (Å²) in [5, 5.41) is 0. The summed E-state index contributed by atoms with van der Waals surface area (Å²) in [4.78, 5) is 8.84. The number of halogens is 2. The fourth-order valence-electron chi connectivity index (χ4n) is 0.386. The minimum atomic E-state index is -4.00. The summed E-state index contributed by atoms with van der Waals surface area (Å²) in [6.45, 7) is 3.55. The average molecular weight is 281 g/mol. The highest BCUT2D eigenvalue weighted by molar-refractivity contribution is 7.48. The van der Waals surface area contributed by atoms with Gasteiger partial charge in [0, 0.05) is 0 Å². The maximum absolute atomic E-state index is 11.6. The summed E-state index contributed by atoms with van der Waals surface area (Å²) in [6, 6.07) is 0. The first-order chi connectivity index (χ1) is 7.04. The Morgan fingerprint density at radius 1 is 1.20 bits per heavy atom. The standard InChI is InChI=1S/C6H11Cl2O6P/c1-3-10-13-15(9,14-11-4-2)12-5-6(7)8/h5H,3-4H2,1-2H3. The molecule has 9 heteroatoms. The van der Waals surface area contributed by atoms with Crippen LogP contribution in [0.4, 0.5) is 0 Å². The predicted octanol–water partition coefficient (Wildman–Crippen LogP) is 3.32. The normalized spacial score (nSPS) is 11.2. The second-order valence-corrected chi connectivity index (χ2v) is 4.33. The first kappa shape index (κ1) is 15.2. The zero-order valence-electron chi connectivity index (χ0n) is 8.14. The molecule has 0 radical (unpaired) electrons. The lowest BCUT2D eigenvalue weighted by molar-refractivity contribution is -0.275. The Balaban J connectivity index is 4.26. The zero-order valence-corrected chi connectivity index (χ0v) is 10.6. The van der Waals surface area contributed by atoms with Crippen LogP contribution in [0.3, 0.4) is 0 Å². The molecule has 0 aliphatic rings. The van der Waals surface area contributed by atoms with Crippen molar-refractivity contribution in [1.82, 2.24) is 0 Å². The van der Waals surface area contributed by atoms with E-state index in [1.54, 1.807) is 13.8 Å². The van der Waals surface area contributed by atoms with Crippen molar-refractivity contribution in [3.05, 3.63) is 10.8 Å². The van der Waals surface area contributed by atoms with Gasteiger partial charge in [0.25, 0.3) is 0 Å². The number of rotatable bonds is 8. The molecular weight excluding hydrogens is 270 g/mol. The zero-order chi connectivity index (χ0) is 11.7. The van der Waals surface area contributed by atoms with Crippen molar-refractivity contribution in [3.8, 4) is 0 Å². The molecule has 0 aromatic carbocycles.